The van der Waals surface area contributed by atoms with Gasteiger partial charge in [0.05, 0.1) is 4.91 Å². The fourth-order valence-electron chi connectivity index (χ4n) is 4.10. The van der Waals surface area contributed by atoms with Crippen LogP contribution in [-0.2, 0) is 4.79 Å². The van der Waals surface area contributed by atoms with Gasteiger partial charge in [0.1, 0.15) is 0 Å². The third kappa shape index (κ3) is 3.10. The number of carbonyl (C=O) groups excluding carboxylic acids is 1. The van der Waals surface area contributed by atoms with Crippen molar-refractivity contribution in [3.8, 4) is 0 Å². The SMILES string of the molecule is CCN1c2ccc(/C=C3\SC(=NC)N(C)C3=O)cc2[C@@H](C)CC1(C)C. The third-order valence-electron chi connectivity index (χ3n) is 5.22. The normalized spacial score (nSPS) is 25.8. The van der Waals surface area contributed by atoms with Gasteiger partial charge < -0.3 is 4.90 Å². The lowest BCUT2D eigenvalue weighted by Crippen LogP contribution is -2.48. The Morgan fingerprint density at radius 1 is 1.40 bits per heavy atom. The monoisotopic (exact) mass is 357 g/mol. The van der Waals surface area contributed by atoms with Gasteiger partial charge in [-0.05, 0) is 74.2 Å². The van der Waals surface area contributed by atoms with Crippen molar-refractivity contribution in [3.05, 3.63) is 34.2 Å². The maximum Gasteiger partial charge on any atom is 0.266 e. The largest absolute Gasteiger partial charge is 0.366 e. The fourth-order valence-corrected chi connectivity index (χ4v) is 5.03. The molecule has 1 aromatic rings. The van der Waals surface area contributed by atoms with Crippen LogP contribution >= 0.6 is 11.8 Å². The highest BCUT2D eigenvalue weighted by atomic mass is 32.2. The molecule has 0 bridgehead atoms. The minimum atomic E-state index is 0.0210. The highest BCUT2D eigenvalue weighted by Gasteiger charge is 2.35. The van der Waals surface area contributed by atoms with E-state index in [2.05, 4.69) is 55.8 Å². The van der Waals surface area contributed by atoms with Gasteiger partial charge in [0.15, 0.2) is 5.17 Å². The van der Waals surface area contributed by atoms with Crippen molar-refractivity contribution in [1.29, 1.82) is 0 Å². The van der Waals surface area contributed by atoms with Crippen LogP contribution in [0.4, 0.5) is 5.69 Å². The summed E-state index contributed by atoms with van der Waals surface area (Å²) in [6.07, 6.45) is 3.13. The molecule has 1 aromatic carbocycles. The molecule has 1 saturated heterocycles. The van der Waals surface area contributed by atoms with E-state index >= 15 is 0 Å². The van der Waals surface area contributed by atoms with Crippen LogP contribution in [0.1, 0.15) is 51.2 Å². The Balaban J connectivity index is 1.99. The van der Waals surface area contributed by atoms with Crippen molar-refractivity contribution < 1.29 is 4.79 Å². The molecular formula is C20H27N3OS. The van der Waals surface area contributed by atoms with E-state index in [4.69, 9.17) is 0 Å². The predicted molar refractivity (Wildman–Crippen MR) is 108 cm³/mol. The second kappa shape index (κ2) is 6.52. The maximum atomic E-state index is 12.4. The van der Waals surface area contributed by atoms with Gasteiger partial charge in [-0.15, -0.1) is 0 Å². The van der Waals surface area contributed by atoms with Crippen LogP contribution in [-0.4, -0.2) is 42.2 Å². The summed E-state index contributed by atoms with van der Waals surface area (Å²) in [6, 6.07) is 6.59. The van der Waals surface area contributed by atoms with E-state index in [1.165, 1.54) is 23.0 Å². The molecule has 1 fully saturated rings. The zero-order valence-corrected chi connectivity index (χ0v) is 16.8. The Morgan fingerprint density at radius 2 is 2.12 bits per heavy atom. The number of nitrogens with zero attached hydrogens (tertiary/aromatic N) is 3. The number of amidine groups is 1. The average molecular weight is 358 g/mol. The molecule has 4 nitrogen and oxygen atoms in total. The zero-order chi connectivity index (χ0) is 18.4. The van der Waals surface area contributed by atoms with Crippen molar-refractivity contribution in [2.45, 2.75) is 45.6 Å². The van der Waals surface area contributed by atoms with Crippen LogP contribution < -0.4 is 4.90 Å². The first kappa shape index (κ1) is 18.1. The minimum absolute atomic E-state index is 0.0210. The third-order valence-corrected chi connectivity index (χ3v) is 6.37. The molecule has 2 heterocycles. The number of likely N-dealkylation sites (N-methyl/N-ethyl adjacent to an activating group) is 1. The summed E-state index contributed by atoms with van der Waals surface area (Å²) in [5.41, 5.74) is 3.96. The Bertz CT molecular complexity index is 766. The highest BCUT2D eigenvalue weighted by Crippen LogP contribution is 2.43. The van der Waals surface area contributed by atoms with Crippen LogP contribution in [0.2, 0.25) is 0 Å². The first-order valence-corrected chi connectivity index (χ1v) is 9.66. The lowest BCUT2D eigenvalue weighted by atomic mass is 9.79. The van der Waals surface area contributed by atoms with E-state index in [9.17, 15) is 4.79 Å². The van der Waals surface area contributed by atoms with Gasteiger partial charge in [-0.3, -0.25) is 14.7 Å². The number of hydrogen-bond acceptors (Lipinski definition) is 4. The first-order valence-electron chi connectivity index (χ1n) is 8.84. The van der Waals surface area contributed by atoms with Crippen molar-refractivity contribution in [2.24, 2.45) is 4.99 Å². The second-order valence-electron chi connectivity index (χ2n) is 7.46. The number of benzene rings is 1. The van der Waals surface area contributed by atoms with Crippen molar-refractivity contribution in [3.63, 3.8) is 0 Å². The van der Waals surface area contributed by atoms with Crippen LogP contribution in [0, 0.1) is 0 Å². The molecule has 25 heavy (non-hydrogen) atoms. The van der Waals surface area contributed by atoms with Crippen molar-refractivity contribution >= 4 is 34.6 Å². The zero-order valence-electron chi connectivity index (χ0n) is 16.0. The van der Waals surface area contributed by atoms with E-state index < -0.39 is 0 Å². The number of fused-ring (bicyclic) bond motifs is 1. The molecule has 2 aliphatic rings. The first-order chi connectivity index (χ1) is 11.8. The number of hydrogen-bond donors (Lipinski definition) is 0. The van der Waals surface area contributed by atoms with E-state index in [0.717, 1.165) is 28.6 Å². The van der Waals surface area contributed by atoms with E-state index in [-0.39, 0.29) is 11.4 Å². The van der Waals surface area contributed by atoms with Crippen molar-refractivity contribution in [1.82, 2.24) is 4.90 Å². The quantitative estimate of drug-likeness (QED) is 0.739. The predicted octanol–water partition coefficient (Wildman–Crippen LogP) is 4.33. The summed E-state index contributed by atoms with van der Waals surface area (Å²) >= 11 is 1.44. The highest BCUT2D eigenvalue weighted by molar-refractivity contribution is 8.18. The molecule has 2 aliphatic heterocycles. The molecule has 0 spiro atoms. The summed E-state index contributed by atoms with van der Waals surface area (Å²) in [6.45, 7) is 10.2. The van der Waals surface area contributed by atoms with Crippen LogP contribution in [0.25, 0.3) is 6.08 Å². The number of rotatable bonds is 2. The molecule has 0 N–H and O–H groups in total. The van der Waals surface area contributed by atoms with Crippen LogP contribution in [0.5, 0.6) is 0 Å². The van der Waals surface area contributed by atoms with Crippen LogP contribution in [0.3, 0.4) is 0 Å². The smallest absolute Gasteiger partial charge is 0.266 e. The number of thioether (sulfide) groups is 1. The molecule has 0 radical (unpaired) electrons. The van der Waals surface area contributed by atoms with E-state index in [1.807, 2.05) is 6.08 Å². The molecule has 5 heteroatoms. The van der Waals surface area contributed by atoms with Gasteiger partial charge in [-0.2, -0.15) is 0 Å². The lowest BCUT2D eigenvalue weighted by Gasteiger charge is -2.47. The molecule has 0 aliphatic carbocycles. The van der Waals surface area contributed by atoms with Gasteiger partial charge in [-0.25, -0.2) is 0 Å². The Kier molecular flexibility index (Phi) is 4.71. The molecule has 0 unspecified atom stereocenters. The number of anilines is 1. The maximum absolute atomic E-state index is 12.4. The molecule has 134 valence electrons. The van der Waals surface area contributed by atoms with Crippen molar-refractivity contribution in [2.75, 3.05) is 25.5 Å². The molecule has 0 saturated carbocycles. The second-order valence-corrected chi connectivity index (χ2v) is 8.47. The summed E-state index contributed by atoms with van der Waals surface area (Å²) in [4.78, 5) is 21.4. The number of carbonyl (C=O) groups is 1. The minimum Gasteiger partial charge on any atom is -0.366 e. The molecule has 3 rings (SSSR count). The Hall–Kier alpha value is -1.75. The average Bonchev–Trinajstić information content (AvgIpc) is 2.83. The number of amides is 1. The van der Waals surface area contributed by atoms with Gasteiger partial charge in [0, 0.05) is 31.9 Å². The van der Waals surface area contributed by atoms with Gasteiger partial charge in [0.2, 0.25) is 0 Å². The van der Waals surface area contributed by atoms with E-state index in [0.29, 0.717) is 5.92 Å². The molecule has 0 aromatic heterocycles. The summed E-state index contributed by atoms with van der Waals surface area (Å²) in [5, 5.41) is 0.751. The standard InChI is InChI=1S/C20H27N3OS/c1-7-23-16-9-8-14(10-15(16)13(2)12-20(23,3)4)11-17-18(24)22(6)19(21-5)25-17/h8-11,13H,7,12H2,1-6H3/b17-11-,21-19?/t13-/m0/s1. The van der Waals surface area contributed by atoms with Gasteiger partial charge >= 0.3 is 0 Å². The van der Waals surface area contributed by atoms with Crippen LogP contribution in [0.15, 0.2) is 28.1 Å². The van der Waals surface area contributed by atoms with Gasteiger partial charge in [-0.1, -0.05) is 13.0 Å². The Labute approximate surface area is 155 Å². The summed E-state index contributed by atoms with van der Waals surface area (Å²) in [7, 11) is 3.49. The number of aliphatic imine (C=N–C) groups is 1. The summed E-state index contributed by atoms with van der Waals surface area (Å²) < 4.78 is 0. The van der Waals surface area contributed by atoms with Gasteiger partial charge in [0.25, 0.3) is 5.91 Å². The fraction of sp³-hybridized carbons (Fsp3) is 0.500. The Morgan fingerprint density at radius 3 is 2.72 bits per heavy atom. The topological polar surface area (TPSA) is 35.9 Å². The molecular weight excluding hydrogens is 330 g/mol. The summed E-state index contributed by atoms with van der Waals surface area (Å²) in [5.74, 6) is 0.529. The lowest BCUT2D eigenvalue weighted by molar-refractivity contribution is -0.121. The molecule has 1 amide bonds. The van der Waals surface area contributed by atoms with E-state index in [1.54, 1.807) is 19.0 Å². The molecule has 1 atom stereocenters.